The van der Waals surface area contributed by atoms with Crippen molar-refractivity contribution in [3.05, 3.63) is 94.6 Å². The first-order valence-electron chi connectivity index (χ1n) is 10.6. The normalized spacial score (nSPS) is 11.2. The van der Waals surface area contributed by atoms with Crippen molar-refractivity contribution in [2.45, 2.75) is 13.3 Å². The number of methoxy groups -OCH3 is 1. The third-order valence-corrected chi connectivity index (χ3v) is 5.60. The minimum atomic E-state index is -0.699. The predicted molar refractivity (Wildman–Crippen MR) is 124 cm³/mol. The van der Waals surface area contributed by atoms with E-state index in [0.29, 0.717) is 51.9 Å². The van der Waals surface area contributed by atoms with Crippen molar-refractivity contribution < 1.29 is 17.9 Å². The van der Waals surface area contributed by atoms with E-state index in [0.717, 1.165) is 6.07 Å². The number of aromatic nitrogens is 3. The van der Waals surface area contributed by atoms with Gasteiger partial charge in [-0.1, -0.05) is 13.0 Å². The number of benzene rings is 2. The number of ether oxygens (including phenoxy) is 1. The predicted octanol–water partition coefficient (Wildman–Crippen LogP) is 5.53. The minimum Gasteiger partial charge on any atom is -0.496 e. The number of fused-ring (bicyclic) bond motifs is 1. The first-order valence-corrected chi connectivity index (χ1v) is 10.6. The number of nitrogens with zero attached hydrogens (tertiary/aromatic N) is 3. The molecule has 5 aromatic rings. The second-order valence-corrected chi connectivity index (χ2v) is 7.61. The molecule has 0 spiro atoms. The zero-order valence-corrected chi connectivity index (χ0v) is 18.4. The van der Waals surface area contributed by atoms with Crippen molar-refractivity contribution in [1.82, 2.24) is 14.6 Å². The molecule has 0 aliphatic carbocycles. The highest BCUT2D eigenvalue weighted by atomic mass is 19.1. The fourth-order valence-electron chi connectivity index (χ4n) is 3.97. The van der Waals surface area contributed by atoms with E-state index < -0.39 is 11.6 Å². The van der Waals surface area contributed by atoms with Gasteiger partial charge in [-0.2, -0.15) is 0 Å². The van der Waals surface area contributed by atoms with E-state index in [4.69, 9.17) is 9.15 Å². The van der Waals surface area contributed by atoms with Gasteiger partial charge in [-0.25, -0.2) is 8.78 Å². The molecule has 0 aliphatic rings. The van der Waals surface area contributed by atoms with Gasteiger partial charge in [-0.3, -0.25) is 4.79 Å². The molecular weight excluding hydrogens is 440 g/mol. The summed E-state index contributed by atoms with van der Waals surface area (Å²) >= 11 is 0. The summed E-state index contributed by atoms with van der Waals surface area (Å²) in [5.74, 6) is -0.0560. The van der Waals surface area contributed by atoms with Crippen LogP contribution < -0.4 is 10.2 Å². The van der Waals surface area contributed by atoms with E-state index in [1.165, 1.54) is 25.3 Å². The van der Waals surface area contributed by atoms with Gasteiger partial charge in [0.2, 0.25) is 11.8 Å². The Kier molecular flexibility index (Phi) is 5.41. The van der Waals surface area contributed by atoms with Crippen LogP contribution in [0.3, 0.4) is 0 Å². The second-order valence-electron chi connectivity index (χ2n) is 7.61. The third kappa shape index (κ3) is 3.63. The molecule has 3 heterocycles. The number of hydrogen-bond donors (Lipinski definition) is 0. The molecule has 0 saturated carbocycles. The Morgan fingerprint density at radius 1 is 1.00 bits per heavy atom. The number of halogens is 2. The maximum Gasteiger partial charge on any atom is 0.247 e. The van der Waals surface area contributed by atoms with Crippen molar-refractivity contribution >= 4 is 5.52 Å². The molecule has 0 fully saturated rings. The fourth-order valence-corrected chi connectivity index (χ4v) is 3.97. The molecule has 0 N–H and O–H groups in total. The molecule has 5 rings (SSSR count). The molecule has 6 nitrogen and oxygen atoms in total. The summed E-state index contributed by atoms with van der Waals surface area (Å²) in [5.41, 5.74) is 2.48. The van der Waals surface area contributed by atoms with Crippen LogP contribution in [0.25, 0.3) is 39.4 Å². The lowest BCUT2D eigenvalue weighted by molar-refractivity contribution is 0.416. The van der Waals surface area contributed by atoms with Crippen LogP contribution in [0.1, 0.15) is 12.8 Å². The molecular formula is C26H19F2N3O3. The SMILES string of the molecule is CCc1nnc(-c2ccc(OC)c(-c3c(=O)ccn4c(-c5ccc(F)cc5F)cccc34)c2)o1. The molecule has 0 saturated heterocycles. The Balaban J connectivity index is 1.77. The van der Waals surface area contributed by atoms with Crippen LogP contribution >= 0.6 is 0 Å². The highest BCUT2D eigenvalue weighted by molar-refractivity contribution is 5.87. The summed E-state index contributed by atoms with van der Waals surface area (Å²) in [6.07, 6.45) is 2.17. The standard InChI is InChI=1S/C26H19F2N3O3/c1-3-24-29-30-26(34-24)15-7-10-23(33-2)18(13-15)25-21-6-4-5-20(31(21)12-11-22(25)32)17-9-8-16(27)14-19(17)28/h4-14H,3H2,1-2H3. The van der Waals surface area contributed by atoms with E-state index in [-0.39, 0.29) is 11.0 Å². The quantitative estimate of drug-likeness (QED) is 0.346. The summed E-state index contributed by atoms with van der Waals surface area (Å²) in [4.78, 5) is 13.1. The summed E-state index contributed by atoms with van der Waals surface area (Å²) in [6, 6.07) is 15.3. The van der Waals surface area contributed by atoms with Crippen LogP contribution in [-0.4, -0.2) is 21.7 Å². The van der Waals surface area contributed by atoms with E-state index >= 15 is 0 Å². The molecule has 0 unspecified atom stereocenters. The summed E-state index contributed by atoms with van der Waals surface area (Å²) in [7, 11) is 1.52. The molecule has 0 radical (unpaired) electrons. The number of rotatable bonds is 5. The molecule has 2 aromatic carbocycles. The van der Waals surface area contributed by atoms with Gasteiger partial charge in [0, 0.05) is 41.4 Å². The lowest BCUT2D eigenvalue weighted by Crippen LogP contribution is -2.09. The first kappa shape index (κ1) is 21.5. The van der Waals surface area contributed by atoms with Crippen molar-refractivity contribution in [2.75, 3.05) is 7.11 Å². The summed E-state index contributed by atoms with van der Waals surface area (Å²) < 4.78 is 41.0. The van der Waals surface area contributed by atoms with Crippen molar-refractivity contribution in [2.24, 2.45) is 0 Å². The average Bonchev–Trinajstić information content (AvgIpc) is 3.33. The molecule has 0 aliphatic heterocycles. The van der Waals surface area contributed by atoms with Crippen LogP contribution in [0.15, 0.2) is 76.1 Å². The Labute approximate surface area is 193 Å². The van der Waals surface area contributed by atoms with Crippen LogP contribution in [-0.2, 0) is 6.42 Å². The Morgan fingerprint density at radius 2 is 1.85 bits per heavy atom. The zero-order valence-electron chi connectivity index (χ0n) is 18.4. The Bertz CT molecular complexity index is 1590. The third-order valence-electron chi connectivity index (χ3n) is 5.60. The van der Waals surface area contributed by atoms with Gasteiger partial charge in [0.05, 0.1) is 23.9 Å². The van der Waals surface area contributed by atoms with Gasteiger partial charge in [0.1, 0.15) is 17.4 Å². The van der Waals surface area contributed by atoms with Gasteiger partial charge < -0.3 is 13.6 Å². The molecule has 3 aromatic heterocycles. The first-order chi connectivity index (χ1) is 16.5. The lowest BCUT2D eigenvalue weighted by Gasteiger charge is -2.15. The minimum absolute atomic E-state index is 0.209. The zero-order chi connectivity index (χ0) is 23.8. The van der Waals surface area contributed by atoms with Gasteiger partial charge in [-0.05, 0) is 42.5 Å². The molecule has 0 amide bonds. The monoisotopic (exact) mass is 459 g/mol. The highest BCUT2D eigenvalue weighted by Crippen LogP contribution is 2.35. The Hall–Kier alpha value is -4.33. The smallest absolute Gasteiger partial charge is 0.247 e. The maximum absolute atomic E-state index is 14.6. The van der Waals surface area contributed by atoms with E-state index in [1.54, 1.807) is 47.0 Å². The van der Waals surface area contributed by atoms with Crippen molar-refractivity contribution in [3.8, 4) is 39.6 Å². The maximum atomic E-state index is 14.6. The molecule has 0 atom stereocenters. The van der Waals surface area contributed by atoms with Crippen LogP contribution in [0, 0.1) is 11.6 Å². The number of aryl methyl sites for hydroxylation is 1. The number of hydrogen-bond acceptors (Lipinski definition) is 5. The van der Waals surface area contributed by atoms with Crippen LogP contribution in [0.4, 0.5) is 8.78 Å². The molecule has 34 heavy (non-hydrogen) atoms. The molecule has 170 valence electrons. The largest absolute Gasteiger partial charge is 0.496 e. The van der Waals surface area contributed by atoms with Gasteiger partial charge >= 0.3 is 0 Å². The van der Waals surface area contributed by atoms with Crippen molar-refractivity contribution in [1.29, 1.82) is 0 Å². The highest BCUT2D eigenvalue weighted by Gasteiger charge is 2.18. The van der Waals surface area contributed by atoms with Gasteiger partial charge in [0.25, 0.3) is 0 Å². The summed E-state index contributed by atoms with van der Waals surface area (Å²) in [5, 5.41) is 8.10. The van der Waals surface area contributed by atoms with E-state index in [1.807, 2.05) is 6.92 Å². The summed E-state index contributed by atoms with van der Waals surface area (Å²) in [6.45, 7) is 1.91. The van der Waals surface area contributed by atoms with Crippen molar-refractivity contribution in [3.63, 3.8) is 0 Å². The van der Waals surface area contributed by atoms with Crippen LogP contribution in [0.5, 0.6) is 5.75 Å². The Morgan fingerprint density at radius 3 is 2.59 bits per heavy atom. The van der Waals surface area contributed by atoms with E-state index in [9.17, 15) is 13.6 Å². The molecule has 0 bridgehead atoms. The fraction of sp³-hybridized carbons (Fsp3) is 0.115. The van der Waals surface area contributed by atoms with E-state index in [2.05, 4.69) is 10.2 Å². The number of pyridine rings is 2. The lowest BCUT2D eigenvalue weighted by atomic mass is 9.99. The van der Waals surface area contributed by atoms with Gasteiger partial charge in [0.15, 0.2) is 5.43 Å². The van der Waals surface area contributed by atoms with Crippen LogP contribution in [0.2, 0.25) is 0 Å². The topological polar surface area (TPSA) is 69.6 Å². The average molecular weight is 459 g/mol. The second kappa shape index (κ2) is 8.55. The molecule has 8 heteroatoms. The van der Waals surface area contributed by atoms with Gasteiger partial charge in [-0.15, -0.1) is 10.2 Å².